The summed E-state index contributed by atoms with van der Waals surface area (Å²) in [6.45, 7) is 14.3. The number of amides is 1. The lowest BCUT2D eigenvalue weighted by atomic mass is 10.2. The van der Waals surface area contributed by atoms with Crippen LogP contribution in [0.2, 0.25) is 0 Å². The average Bonchev–Trinajstić information content (AvgIpc) is 2.78. The number of ether oxygens (including phenoxy) is 2. The van der Waals surface area contributed by atoms with E-state index in [9.17, 15) is 9.59 Å². The van der Waals surface area contributed by atoms with E-state index >= 15 is 0 Å². The summed E-state index contributed by atoms with van der Waals surface area (Å²) in [4.78, 5) is 35.3. The second kappa shape index (κ2) is 12.1. The van der Waals surface area contributed by atoms with Crippen LogP contribution in [0.1, 0.15) is 31.1 Å². The van der Waals surface area contributed by atoms with E-state index in [-0.39, 0.29) is 18.0 Å². The average molecular weight is 448 g/mol. The maximum absolute atomic E-state index is 12.4. The molecular formula is C23H37N5O4. The molecule has 1 N–H and O–H groups in total. The molecule has 0 bridgehead atoms. The zero-order valence-corrected chi connectivity index (χ0v) is 19.6. The SMILES string of the molecule is CCOC(=O)c1ccc(N2CCN(CC(=O)NCC3CN(CC(C)C)CCO3)CC2)nc1. The van der Waals surface area contributed by atoms with E-state index in [0.717, 1.165) is 58.2 Å². The van der Waals surface area contributed by atoms with Gasteiger partial charge in [-0.15, -0.1) is 0 Å². The Kier molecular flexibility index (Phi) is 9.25. The fraction of sp³-hybridized carbons (Fsp3) is 0.696. The zero-order chi connectivity index (χ0) is 22.9. The van der Waals surface area contributed by atoms with Crippen molar-refractivity contribution >= 4 is 17.7 Å². The highest BCUT2D eigenvalue weighted by Crippen LogP contribution is 2.14. The van der Waals surface area contributed by atoms with Gasteiger partial charge in [-0.1, -0.05) is 13.8 Å². The van der Waals surface area contributed by atoms with Crippen LogP contribution >= 0.6 is 0 Å². The van der Waals surface area contributed by atoms with Crippen molar-refractivity contribution in [2.45, 2.75) is 26.9 Å². The van der Waals surface area contributed by atoms with Crippen LogP contribution in [0, 0.1) is 5.92 Å². The van der Waals surface area contributed by atoms with Gasteiger partial charge in [0.1, 0.15) is 5.82 Å². The molecule has 0 radical (unpaired) electrons. The van der Waals surface area contributed by atoms with Gasteiger partial charge < -0.3 is 19.7 Å². The molecular weight excluding hydrogens is 410 g/mol. The molecule has 2 fully saturated rings. The van der Waals surface area contributed by atoms with Crippen LogP contribution in [0.25, 0.3) is 0 Å². The molecule has 1 amide bonds. The summed E-state index contributed by atoms with van der Waals surface area (Å²) in [5.74, 6) is 1.16. The van der Waals surface area contributed by atoms with Crippen molar-refractivity contribution in [3.05, 3.63) is 23.9 Å². The molecule has 3 heterocycles. The summed E-state index contributed by atoms with van der Waals surface area (Å²) >= 11 is 0. The second-order valence-corrected chi connectivity index (χ2v) is 8.84. The first-order valence-electron chi connectivity index (χ1n) is 11.7. The monoisotopic (exact) mass is 447 g/mol. The lowest BCUT2D eigenvalue weighted by Gasteiger charge is -2.35. The third-order valence-electron chi connectivity index (χ3n) is 5.70. The molecule has 178 valence electrons. The highest BCUT2D eigenvalue weighted by atomic mass is 16.5. The number of esters is 1. The minimum Gasteiger partial charge on any atom is -0.462 e. The molecule has 0 saturated carbocycles. The zero-order valence-electron chi connectivity index (χ0n) is 19.6. The van der Waals surface area contributed by atoms with Gasteiger partial charge in [0.2, 0.25) is 5.91 Å². The number of hydrogen-bond donors (Lipinski definition) is 1. The molecule has 2 saturated heterocycles. The number of morpholine rings is 1. The van der Waals surface area contributed by atoms with E-state index in [0.29, 0.717) is 31.2 Å². The topological polar surface area (TPSA) is 87.2 Å². The van der Waals surface area contributed by atoms with E-state index in [4.69, 9.17) is 9.47 Å². The summed E-state index contributed by atoms with van der Waals surface area (Å²) in [6, 6.07) is 3.59. The molecule has 1 unspecified atom stereocenters. The standard InChI is InChI=1S/C23H37N5O4/c1-4-31-23(30)19-5-6-21(24-13-19)28-9-7-26(8-10-28)17-22(29)25-14-20-16-27(11-12-32-20)15-18(2)3/h5-6,13,18,20H,4,7-12,14-17H2,1-3H3,(H,25,29). The minimum absolute atomic E-state index is 0.0416. The maximum Gasteiger partial charge on any atom is 0.339 e. The Labute approximate surface area is 191 Å². The maximum atomic E-state index is 12.4. The third kappa shape index (κ3) is 7.43. The first-order chi connectivity index (χ1) is 15.4. The number of nitrogens with one attached hydrogen (secondary N) is 1. The molecule has 1 aromatic rings. The summed E-state index contributed by atoms with van der Waals surface area (Å²) in [6.07, 6.45) is 1.62. The quantitative estimate of drug-likeness (QED) is 0.558. The predicted molar refractivity (Wildman–Crippen MR) is 123 cm³/mol. The van der Waals surface area contributed by atoms with Crippen molar-refractivity contribution in [3.63, 3.8) is 0 Å². The summed E-state index contributed by atoms with van der Waals surface area (Å²) in [5.41, 5.74) is 0.458. The molecule has 32 heavy (non-hydrogen) atoms. The van der Waals surface area contributed by atoms with Crippen molar-refractivity contribution in [2.24, 2.45) is 5.92 Å². The van der Waals surface area contributed by atoms with Gasteiger partial charge in [-0.25, -0.2) is 9.78 Å². The molecule has 1 aromatic heterocycles. The fourth-order valence-electron chi connectivity index (χ4n) is 4.12. The van der Waals surface area contributed by atoms with Crippen molar-refractivity contribution in [3.8, 4) is 0 Å². The second-order valence-electron chi connectivity index (χ2n) is 8.84. The number of carbonyl (C=O) groups excluding carboxylic acids is 2. The van der Waals surface area contributed by atoms with Gasteiger partial charge in [0.05, 0.1) is 31.4 Å². The number of carbonyl (C=O) groups is 2. The van der Waals surface area contributed by atoms with Gasteiger partial charge in [0.15, 0.2) is 0 Å². The number of anilines is 1. The number of piperazine rings is 1. The van der Waals surface area contributed by atoms with Crippen molar-refractivity contribution in [2.75, 3.05) is 77.0 Å². The Morgan fingerprint density at radius 1 is 1.19 bits per heavy atom. The molecule has 0 aromatic carbocycles. The van der Waals surface area contributed by atoms with Gasteiger partial charge in [-0.05, 0) is 25.0 Å². The largest absolute Gasteiger partial charge is 0.462 e. The van der Waals surface area contributed by atoms with Crippen LogP contribution in [-0.4, -0.2) is 105 Å². The van der Waals surface area contributed by atoms with Gasteiger partial charge in [0, 0.05) is 58.6 Å². The van der Waals surface area contributed by atoms with E-state index in [2.05, 4.69) is 38.8 Å². The Morgan fingerprint density at radius 3 is 2.62 bits per heavy atom. The number of rotatable bonds is 9. The number of pyridine rings is 1. The normalized spacial score (nSPS) is 20.4. The van der Waals surface area contributed by atoms with E-state index in [1.54, 1.807) is 19.2 Å². The van der Waals surface area contributed by atoms with Crippen molar-refractivity contribution < 1.29 is 19.1 Å². The number of aromatic nitrogens is 1. The Bertz CT molecular complexity index is 734. The highest BCUT2D eigenvalue weighted by molar-refractivity contribution is 5.89. The first kappa shape index (κ1) is 24.4. The van der Waals surface area contributed by atoms with Gasteiger partial charge in [-0.3, -0.25) is 14.6 Å². The van der Waals surface area contributed by atoms with Crippen LogP contribution in [0.3, 0.4) is 0 Å². The Hall–Kier alpha value is -2.23. The smallest absolute Gasteiger partial charge is 0.339 e. The van der Waals surface area contributed by atoms with Gasteiger partial charge in [0.25, 0.3) is 0 Å². The van der Waals surface area contributed by atoms with Crippen molar-refractivity contribution in [1.29, 1.82) is 0 Å². The van der Waals surface area contributed by atoms with Crippen LogP contribution in [0.15, 0.2) is 18.3 Å². The van der Waals surface area contributed by atoms with E-state index < -0.39 is 0 Å². The summed E-state index contributed by atoms with van der Waals surface area (Å²) in [5, 5.41) is 3.04. The predicted octanol–water partition coefficient (Wildman–Crippen LogP) is 0.853. The highest BCUT2D eigenvalue weighted by Gasteiger charge is 2.23. The Morgan fingerprint density at radius 2 is 1.97 bits per heavy atom. The molecule has 9 heteroatoms. The van der Waals surface area contributed by atoms with E-state index in [1.165, 1.54) is 0 Å². The number of nitrogens with zero attached hydrogens (tertiary/aromatic N) is 4. The van der Waals surface area contributed by atoms with Crippen LogP contribution in [-0.2, 0) is 14.3 Å². The first-order valence-corrected chi connectivity index (χ1v) is 11.7. The van der Waals surface area contributed by atoms with Crippen LogP contribution in [0.5, 0.6) is 0 Å². The minimum atomic E-state index is -0.353. The van der Waals surface area contributed by atoms with Crippen LogP contribution in [0.4, 0.5) is 5.82 Å². The van der Waals surface area contributed by atoms with Gasteiger partial charge >= 0.3 is 5.97 Å². The summed E-state index contributed by atoms with van der Waals surface area (Å²) < 4.78 is 10.8. The molecule has 1 atom stereocenters. The van der Waals surface area contributed by atoms with Crippen LogP contribution < -0.4 is 10.2 Å². The van der Waals surface area contributed by atoms with E-state index in [1.807, 2.05) is 6.07 Å². The fourth-order valence-corrected chi connectivity index (χ4v) is 4.12. The molecule has 3 rings (SSSR count). The summed E-state index contributed by atoms with van der Waals surface area (Å²) in [7, 11) is 0. The third-order valence-corrected chi connectivity index (χ3v) is 5.70. The molecule has 0 aliphatic carbocycles. The van der Waals surface area contributed by atoms with Crippen molar-refractivity contribution in [1.82, 2.24) is 20.1 Å². The molecule has 2 aliphatic rings. The lowest BCUT2D eigenvalue weighted by Crippen LogP contribution is -2.52. The number of hydrogen-bond acceptors (Lipinski definition) is 8. The lowest BCUT2D eigenvalue weighted by molar-refractivity contribution is -0.123. The van der Waals surface area contributed by atoms with Gasteiger partial charge in [-0.2, -0.15) is 0 Å². The Balaban J connectivity index is 1.36. The molecule has 9 nitrogen and oxygen atoms in total. The molecule has 0 spiro atoms. The molecule has 2 aliphatic heterocycles.